The number of aromatic nitrogens is 7. The van der Waals surface area contributed by atoms with Gasteiger partial charge in [0.25, 0.3) is 0 Å². The van der Waals surface area contributed by atoms with Crippen LogP contribution in [0, 0.1) is 0 Å². The van der Waals surface area contributed by atoms with E-state index in [2.05, 4.69) is 60.7 Å². The summed E-state index contributed by atoms with van der Waals surface area (Å²) >= 11 is 10.6. The van der Waals surface area contributed by atoms with Crippen molar-refractivity contribution in [3.05, 3.63) is 42.0 Å². The lowest BCUT2D eigenvalue weighted by molar-refractivity contribution is 0.731. The number of hydrogen-bond acceptors (Lipinski definition) is 7. The Balaban J connectivity index is 1.55. The molecule has 0 atom stereocenters. The first-order valence-corrected chi connectivity index (χ1v) is 12.2. The summed E-state index contributed by atoms with van der Waals surface area (Å²) in [6, 6.07) is 5.59. The zero-order valence-corrected chi connectivity index (χ0v) is 21.1. The molecule has 3 rings (SSSR count). The molecule has 0 bridgehead atoms. The normalized spacial score (nSPS) is 10.6. The van der Waals surface area contributed by atoms with E-state index in [0.29, 0.717) is 35.0 Å². The highest BCUT2D eigenvalue weighted by Gasteiger charge is 2.09. The Labute approximate surface area is 210 Å². The molecule has 0 aliphatic heterocycles. The molecule has 0 fully saturated rings. The minimum atomic E-state index is 0.478. The third-order valence-electron chi connectivity index (χ3n) is 4.76. The van der Waals surface area contributed by atoms with Gasteiger partial charge in [-0.2, -0.15) is 0 Å². The van der Waals surface area contributed by atoms with Gasteiger partial charge >= 0.3 is 0 Å². The Hall–Kier alpha value is -3.19. The molecule has 0 spiro atoms. The Morgan fingerprint density at radius 2 is 1.24 bits per heavy atom. The molecular formula is C21H31N11S2. The van der Waals surface area contributed by atoms with Gasteiger partial charge in [-0.15, -0.1) is 10.2 Å². The van der Waals surface area contributed by atoms with Gasteiger partial charge < -0.3 is 21.3 Å². The van der Waals surface area contributed by atoms with Gasteiger partial charge in [0.1, 0.15) is 11.4 Å². The molecule has 3 heterocycles. The molecule has 182 valence electrons. The predicted octanol–water partition coefficient (Wildman–Crippen LogP) is 1.77. The van der Waals surface area contributed by atoms with Gasteiger partial charge in [0.2, 0.25) is 0 Å². The first-order valence-electron chi connectivity index (χ1n) is 11.4. The molecule has 3 aromatic rings. The number of nitrogens with one attached hydrogen (secondary N) is 4. The summed E-state index contributed by atoms with van der Waals surface area (Å²) in [7, 11) is 0. The zero-order valence-electron chi connectivity index (χ0n) is 19.5. The summed E-state index contributed by atoms with van der Waals surface area (Å²) in [4.78, 5) is 4.63. The lowest BCUT2D eigenvalue weighted by Crippen LogP contribution is -2.35. The van der Waals surface area contributed by atoms with E-state index in [1.54, 1.807) is 9.36 Å². The van der Waals surface area contributed by atoms with E-state index in [1.807, 2.05) is 30.6 Å². The van der Waals surface area contributed by atoms with Crippen molar-refractivity contribution in [2.45, 2.75) is 52.6 Å². The average molecular weight is 502 g/mol. The van der Waals surface area contributed by atoms with E-state index in [-0.39, 0.29) is 0 Å². The Bertz CT molecular complexity index is 983. The van der Waals surface area contributed by atoms with E-state index in [4.69, 9.17) is 24.4 Å². The lowest BCUT2D eigenvalue weighted by atomic mass is 10.3. The van der Waals surface area contributed by atoms with Crippen LogP contribution in [0.2, 0.25) is 0 Å². The smallest absolute Gasteiger partial charge is 0.166 e. The molecule has 0 aromatic carbocycles. The number of nitrogens with zero attached hydrogens (tertiary/aromatic N) is 7. The molecule has 3 aromatic heterocycles. The Morgan fingerprint density at radius 1 is 0.765 bits per heavy atom. The van der Waals surface area contributed by atoms with Gasteiger partial charge in [-0.1, -0.05) is 43.2 Å². The SMILES string of the molecule is CCCCNC(=S)NCc1cn(-c2cccc(-n3cc(CNC(=S)NCCCC)nn3)n2)nn1. The highest BCUT2D eigenvalue weighted by Crippen LogP contribution is 2.09. The van der Waals surface area contributed by atoms with Gasteiger partial charge in [0, 0.05) is 13.1 Å². The number of unbranched alkanes of at least 4 members (excludes halogenated alkanes) is 2. The number of pyridine rings is 1. The maximum absolute atomic E-state index is 5.28. The quantitative estimate of drug-likeness (QED) is 0.214. The largest absolute Gasteiger partial charge is 0.363 e. The summed E-state index contributed by atoms with van der Waals surface area (Å²) in [6.45, 7) is 6.95. The van der Waals surface area contributed by atoms with Crippen LogP contribution in [-0.4, -0.2) is 58.3 Å². The van der Waals surface area contributed by atoms with Crippen LogP contribution in [0.4, 0.5) is 0 Å². The maximum Gasteiger partial charge on any atom is 0.166 e. The molecule has 11 nitrogen and oxygen atoms in total. The van der Waals surface area contributed by atoms with Crippen molar-refractivity contribution in [1.29, 1.82) is 0 Å². The highest BCUT2D eigenvalue weighted by molar-refractivity contribution is 7.80. The second kappa shape index (κ2) is 13.5. The molecule has 0 aliphatic rings. The van der Waals surface area contributed by atoms with Gasteiger partial charge in [-0.25, -0.2) is 14.3 Å². The fourth-order valence-corrected chi connectivity index (χ4v) is 3.22. The van der Waals surface area contributed by atoms with Crippen molar-refractivity contribution in [3.8, 4) is 11.6 Å². The van der Waals surface area contributed by atoms with Crippen molar-refractivity contribution < 1.29 is 0 Å². The highest BCUT2D eigenvalue weighted by atomic mass is 32.1. The van der Waals surface area contributed by atoms with Crippen LogP contribution in [0.5, 0.6) is 0 Å². The first-order chi connectivity index (χ1) is 16.6. The molecule has 13 heteroatoms. The van der Waals surface area contributed by atoms with Crippen molar-refractivity contribution in [2.75, 3.05) is 13.1 Å². The third-order valence-corrected chi connectivity index (χ3v) is 5.34. The molecule has 0 unspecified atom stereocenters. The van der Waals surface area contributed by atoms with Crippen LogP contribution in [0.25, 0.3) is 11.6 Å². The third kappa shape index (κ3) is 7.99. The summed E-state index contributed by atoms with van der Waals surface area (Å²) in [5.74, 6) is 1.24. The molecule has 0 aliphatic carbocycles. The molecule has 4 N–H and O–H groups in total. The maximum atomic E-state index is 5.28. The van der Waals surface area contributed by atoms with Crippen LogP contribution in [0.15, 0.2) is 30.6 Å². The molecule has 0 saturated carbocycles. The topological polar surface area (TPSA) is 122 Å². The minimum absolute atomic E-state index is 0.478. The summed E-state index contributed by atoms with van der Waals surface area (Å²) < 4.78 is 3.24. The number of hydrogen-bond donors (Lipinski definition) is 4. The summed E-state index contributed by atoms with van der Waals surface area (Å²) in [5.41, 5.74) is 1.51. The lowest BCUT2D eigenvalue weighted by Gasteiger charge is -2.08. The van der Waals surface area contributed by atoms with E-state index >= 15 is 0 Å². The van der Waals surface area contributed by atoms with Crippen molar-refractivity contribution >= 4 is 34.7 Å². The van der Waals surface area contributed by atoms with Gasteiger partial charge in [-0.05, 0) is 49.4 Å². The number of rotatable bonds is 12. The zero-order chi connectivity index (χ0) is 24.2. The van der Waals surface area contributed by atoms with Crippen LogP contribution >= 0.6 is 24.4 Å². The van der Waals surface area contributed by atoms with Crippen molar-refractivity contribution in [1.82, 2.24) is 56.2 Å². The van der Waals surface area contributed by atoms with E-state index < -0.39 is 0 Å². The fraction of sp³-hybridized carbons (Fsp3) is 0.476. The predicted molar refractivity (Wildman–Crippen MR) is 139 cm³/mol. The van der Waals surface area contributed by atoms with Gasteiger partial charge in [0.05, 0.1) is 25.5 Å². The van der Waals surface area contributed by atoms with E-state index in [0.717, 1.165) is 50.2 Å². The molecule has 0 saturated heterocycles. The average Bonchev–Trinajstić information content (AvgIpc) is 3.52. The summed E-state index contributed by atoms with van der Waals surface area (Å²) in [6.07, 6.45) is 8.02. The van der Waals surface area contributed by atoms with Crippen LogP contribution in [0.3, 0.4) is 0 Å². The second-order valence-electron chi connectivity index (χ2n) is 7.59. The van der Waals surface area contributed by atoms with E-state index in [1.165, 1.54) is 0 Å². The van der Waals surface area contributed by atoms with Crippen LogP contribution in [0.1, 0.15) is 50.9 Å². The standard InChI is InChI=1S/C21H31N11S2/c1-3-5-10-22-20(33)24-12-16-14-31(29-27-16)18-8-7-9-19(26-18)32-15-17(28-30-32)13-25-21(34)23-11-6-4-2/h7-9,14-15H,3-6,10-13H2,1-2H3,(H2,22,24,33)(H2,23,25,34). The van der Waals surface area contributed by atoms with Gasteiger partial charge in [-0.3, -0.25) is 0 Å². The Morgan fingerprint density at radius 3 is 1.68 bits per heavy atom. The Kier molecular flexibility index (Phi) is 10.1. The summed E-state index contributed by atoms with van der Waals surface area (Å²) in [5, 5.41) is 30.6. The van der Waals surface area contributed by atoms with E-state index in [9.17, 15) is 0 Å². The monoisotopic (exact) mass is 501 g/mol. The van der Waals surface area contributed by atoms with Crippen LogP contribution < -0.4 is 21.3 Å². The first kappa shape index (κ1) is 25.4. The number of thiocarbonyl (C=S) groups is 2. The van der Waals surface area contributed by atoms with Crippen LogP contribution in [-0.2, 0) is 13.1 Å². The molecule has 0 amide bonds. The van der Waals surface area contributed by atoms with Gasteiger partial charge in [0.15, 0.2) is 21.9 Å². The van der Waals surface area contributed by atoms with Crippen molar-refractivity contribution in [3.63, 3.8) is 0 Å². The second-order valence-corrected chi connectivity index (χ2v) is 8.41. The molecule has 0 radical (unpaired) electrons. The molecule has 34 heavy (non-hydrogen) atoms. The minimum Gasteiger partial charge on any atom is -0.363 e. The fourth-order valence-electron chi connectivity index (χ4n) is 2.87. The van der Waals surface area contributed by atoms with Crippen molar-refractivity contribution in [2.24, 2.45) is 0 Å². The molecular weight excluding hydrogens is 470 g/mol.